The summed E-state index contributed by atoms with van der Waals surface area (Å²) in [7, 11) is 0. The van der Waals surface area contributed by atoms with E-state index in [-0.39, 0.29) is 0 Å². The van der Waals surface area contributed by atoms with Gasteiger partial charge in [-0.15, -0.1) is 10.2 Å². The second-order valence-corrected chi connectivity index (χ2v) is 7.02. The van der Waals surface area contributed by atoms with Crippen molar-refractivity contribution in [2.24, 2.45) is 0 Å². The number of aromatic nitrogens is 4. The molecule has 8 heteroatoms. The van der Waals surface area contributed by atoms with Crippen LogP contribution >= 0.6 is 11.3 Å². The Balaban J connectivity index is 1.67. The third-order valence-corrected chi connectivity index (χ3v) is 5.17. The van der Waals surface area contributed by atoms with Crippen molar-refractivity contribution < 1.29 is 4.74 Å². The summed E-state index contributed by atoms with van der Waals surface area (Å²) < 4.78 is 5.48. The molecule has 3 rings (SSSR count). The lowest BCUT2D eigenvalue weighted by atomic mass is 10.2. The predicted octanol–water partition coefficient (Wildman–Crippen LogP) is 2.57. The maximum absolute atomic E-state index is 5.48. The molecule has 2 aromatic rings. The number of hydrogen-bond acceptors (Lipinski definition) is 8. The van der Waals surface area contributed by atoms with Crippen molar-refractivity contribution in [1.82, 2.24) is 20.2 Å². The molecular formula is C16H24N6OS. The van der Waals surface area contributed by atoms with E-state index in [1.165, 1.54) is 0 Å². The van der Waals surface area contributed by atoms with Crippen molar-refractivity contribution in [3.05, 3.63) is 17.3 Å². The summed E-state index contributed by atoms with van der Waals surface area (Å²) in [5.41, 5.74) is 0. The van der Waals surface area contributed by atoms with Crippen LogP contribution in [0.15, 0.2) is 12.3 Å². The lowest BCUT2D eigenvalue weighted by Gasteiger charge is -2.21. The van der Waals surface area contributed by atoms with Crippen LogP contribution in [-0.4, -0.2) is 53.0 Å². The first-order valence-electron chi connectivity index (χ1n) is 8.46. The van der Waals surface area contributed by atoms with Crippen molar-refractivity contribution in [2.75, 3.05) is 42.6 Å². The number of ether oxygens (including phenoxy) is 1. The minimum atomic E-state index is 0.425. The van der Waals surface area contributed by atoms with Crippen molar-refractivity contribution in [1.29, 1.82) is 0 Å². The summed E-state index contributed by atoms with van der Waals surface area (Å²) in [5.74, 6) is 1.80. The Morgan fingerprint density at radius 2 is 1.96 bits per heavy atom. The fraction of sp³-hybridized carbons (Fsp3) is 0.625. The van der Waals surface area contributed by atoms with Gasteiger partial charge in [-0.3, -0.25) is 0 Å². The summed E-state index contributed by atoms with van der Waals surface area (Å²) in [6.07, 6.45) is 2.80. The van der Waals surface area contributed by atoms with Gasteiger partial charge in [0.05, 0.1) is 6.61 Å². The molecule has 2 aromatic heterocycles. The number of nitrogens with zero attached hydrogens (tertiary/aromatic N) is 6. The van der Waals surface area contributed by atoms with E-state index in [0.717, 1.165) is 48.7 Å². The summed E-state index contributed by atoms with van der Waals surface area (Å²) in [6, 6.07) is 1.80. The van der Waals surface area contributed by atoms with Gasteiger partial charge >= 0.3 is 0 Å². The minimum Gasteiger partial charge on any atom is -0.478 e. The largest absolute Gasteiger partial charge is 0.478 e. The van der Waals surface area contributed by atoms with Crippen LogP contribution in [0.1, 0.15) is 38.1 Å². The van der Waals surface area contributed by atoms with Crippen LogP contribution in [0.25, 0.3) is 0 Å². The molecule has 0 aliphatic carbocycles. The topological polar surface area (TPSA) is 67.3 Å². The molecule has 7 nitrogen and oxygen atoms in total. The Morgan fingerprint density at radius 1 is 1.17 bits per heavy atom. The second kappa shape index (κ2) is 7.74. The minimum absolute atomic E-state index is 0.425. The highest BCUT2D eigenvalue weighted by atomic mass is 32.1. The molecule has 1 saturated heterocycles. The van der Waals surface area contributed by atoms with Crippen LogP contribution in [0.5, 0.6) is 5.88 Å². The van der Waals surface area contributed by atoms with Crippen LogP contribution < -0.4 is 14.5 Å². The fourth-order valence-electron chi connectivity index (χ4n) is 2.61. The fourth-order valence-corrected chi connectivity index (χ4v) is 3.51. The van der Waals surface area contributed by atoms with E-state index >= 15 is 0 Å². The van der Waals surface area contributed by atoms with Gasteiger partial charge in [-0.1, -0.05) is 25.2 Å². The molecule has 0 amide bonds. The summed E-state index contributed by atoms with van der Waals surface area (Å²) in [4.78, 5) is 13.4. The zero-order valence-corrected chi connectivity index (χ0v) is 15.3. The first kappa shape index (κ1) is 16.9. The number of anilines is 2. The van der Waals surface area contributed by atoms with Gasteiger partial charge in [0.2, 0.25) is 17.0 Å². The van der Waals surface area contributed by atoms with Gasteiger partial charge in [0, 0.05) is 44.4 Å². The van der Waals surface area contributed by atoms with Gasteiger partial charge in [0.1, 0.15) is 5.01 Å². The molecule has 0 bridgehead atoms. The molecule has 0 N–H and O–H groups in total. The van der Waals surface area contributed by atoms with E-state index in [2.05, 4.69) is 43.8 Å². The van der Waals surface area contributed by atoms with Gasteiger partial charge in [0.25, 0.3) is 0 Å². The van der Waals surface area contributed by atoms with Crippen molar-refractivity contribution >= 4 is 22.4 Å². The average molecular weight is 348 g/mol. The third kappa shape index (κ3) is 3.92. The first-order chi connectivity index (χ1) is 11.7. The first-order valence-corrected chi connectivity index (χ1v) is 9.28. The van der Waals surface area contributed by atoms with Gasteiger partial charge in [0.15, 0.2) is 0 Å². The van der Waals surface area contributed by atoms with Crippen molar-refractivity contribution in [3.8, 4) is 5.88 Å². The van der Waals surface area contributed by atoms with E-state index in [9.17, 15) is 0 Å². The van der Waals surface area contributed by atoms with Crippen molar-refractivity contribution in [2.45, 2.75) is 33.1 Å². The zero-order valence-electron chi connectivity index (χ0n) is 14.5. The molecule has 130 valence electrons. The maximum Gasteiger partial charge on any atom is 0.228 e. The van der Waals surface area contributed by atoms with Gasteiger partial charge in [-0.05, 0) is 13.3 Å². The second-order valence-electron chi connectivity index (χ2n) is 6.03. The molecule has 0 spiro atoms. The molecule has 0 unspecified atom stereocenters. The maximum atomic E-state index is 5.48. The molecule has 1 aliphatic heterocycles. The molecule has 0 radical (unpaired) electrons. The van der Waals surface area contributed by atoms with Crippen LogP contribution in [-0.2, 0) is 0 Å². The van der Waals surface area contributed by atoms with Crippen LogP contribution in [0.3, 0.4) is 0 Å². The van der Waals surface area contributed by atoms with Crippen LogP contribution in [0.2, 0.25) is 0 Å². The summed E-state index contributed by atoms with van der Waals surface area (Å²) >= 11 is 1.70. The highest BCUT2D eigenvalue weighted by Gasteiger charge is 2.20. The Kier molecular flexibility index (Phi) is 5.44. The molecule has 0 aromatic carbocycles. The lowest BCUT2D eigenvalue weighted by Crippen LogP contribution is -2.31. The Hall–Kier alpha value is -1.96. The molecule has 1 aliphatic rings. The monoisotopic (exact) mass is 348 g/mol. The Labute approximate surface area is 146 Å². The molecule has 24 heavy (non-hydrogen) atoms. The quantitative estimate of drug-likeness (QED) is 0.822. The number of rotatable bonds is 5. The standard InChI is InChI=1S/C16H24N6OS/c1-4-23-13-6-7-17-15(18-13)21-8-5-9-22(11-10-21)16-20-19-14(24-16)12(2)3/h6-7,12H,4-5,8-11H2,1-3H3. The lowest BCUT2D eigenvalue weighted by molar-refractivity contribution is 0.326. The van der Waals surface area contributed by atoms with Gasteiger partial charge in [-0.2, -0.15) is 4.98 Å². The average Bonchev–Trinajstić information content (AvgIpc) is 2.94. The molecular weight excluding hydrogens is 324 g/mol. The highest BCUT2D eigenvalue weighted by molar-refractivity contribution is 7.15. The molecule has 0 saturated carbocycles. The highest BCUT2D eigenvalue weighted by Crippen LogP contribution is 2.26. The van der Waals surface area contributed by atoms with Crippen LogP contribution in [0, 0.1) is 0 Å². The van der Waals surface area contributed by atoms with Gasteiger partial charge in [-0.25, -0.2) is 4.98 Å². The molecule has 3 heterocycles. The van der Waals surface area contributed by atoms with Gasteiger partial charge < -0.3 is 14.5 Å². The number of hydrogen-bond donors (Lipinski definition) is 0. The molecule has 1 fully saturated rings. The van der Waals surface area contributed by atoms with Crippen molar-refractivity contribution in [3.63, 3.8) is 0 Å². The molecule has 0 atom stereocenters. The third-order valence-electron chi connectivity index (χ3n) is 3.88. The van der Waals surface area contributed by atoms with E-state index in [0.29, 0.717) is 18.4 Å². The zero-order chi connectivity index (χ0) is 16.9. The SMILES string of the molecule is CCOc1ccnc(N2CCCN(c3nnc(C(C)C)s3)CC2)n1. The van der Waals surface area contributed by atoms with E-state index in [4.69, 9.17) is 4.74 Å². The summed E-state index contributed by atoms with van der Waals surface area (Å²) in [5, 5.41) is 10.8. The smallest absolute Gasteiger partial charge is 0.228 e. The van der Waals surface area contributed by atoms with E-state index in [1.807, 2.05) is 6.92 Å². The predicted molar refractivity (Wildman–Crippen MR) is 96.2 cm³/mol. The summed E-state index contributed by atoms with van der Waals surface area (Å²) in [6.45, 7) is 10.5. The van der Waals surface area contributed by atoms with Crippen LogP contribution in [0.4, 0.5) is 11.1 Å². The normalized spacial score (nSPS) is 15.7. The Bertz CT molecular complexity index is 662. The van der Waals surface area contributed by atoms with E-state index in [1.54, 1.807) is 23.6 Å². The Morgan fingerprint density at radius 3 is 2.71 bits per heavy atom. The van der Waals surface area contributed by atoms with E-state index < -0.39 is 0 Å².